The summed E-state index contributed by atoms with van der Waals surface area (Å²) in [5, 5.41) is 8.39. The molecule has 0 aliphatic heterocycles. The minimum absolute atomic E-state index is 0.0201. The van der Waals surface area contributed by atoms with Crippen LogP contribution in [0.3, 0.4) is 0 Å². The highest BCUT2D eigenvalue weighted by atomic mass is 79.9. The maximum atomic E-state index is 12.7. The number of carbonyl (C=O) groups excluding carboxylic acids is 2. The molecule has 2 aromatic rings. The largest absolute Gasteiger partial charge is 0.338 e. The number of rotatable bonds is 7. The summed E-state index contributed by atoms with van der Waals surface area (Å²) < 4.78 is 1.00. The summed E-state index contributed by atoms with van der Waals surface area (Å²) in [4.78, 5) is 24.5. The van der Waals surface area contributed by atoms with E-state index in [4.69, 9.17) is 0 Å². The van der Waals surface area contributed by atoms with Crippen molar-refractivity contribution in [3.63, 3.8) is 0 Å². The molecule has 0 unspecified atom stereocenters. The molecule has 0 saturated heterocycles. The van der Waals surface area contributed by atoms with Crippen LogP contribution in [0.4, 0.5) is 4.79 Å². The van der Waals surface area contributed by atoms with E-state index in [0.717, 1.165) is 22.0 Å². The molecular formula is C20H24BrN3O2. The van der Waals surface area contributed by atoms with Gasteiger partial charge in [0.05, 0.1) is 0 Å². The Bertz CT molecular complexity index is 720. The summed E-state index contributed by atoms with van der Waals surface area (Å²) in [7, 11) is 0. The Balaban J connectivity index is 2.23. The van der Waals surface area contributed by atoms with Gasteiger partial charge >= 0.3 is 6.03 Å². The van der Waals surface area contributed by atoms with Crippen LogP contribution in [-0.2, 0) is 4.79 Å². The highest BCUT2D eigenvalue weighted by Crippen LogP contribution is 2.24. The highest BCUT2D eigenvalue weighted by Gasteiger charge is 2.25. The second kappa shape index (κ2) is 10.1. The lowest BCUT2D eigenvalue weighted by molar-refractivity contribution is -0.122. The maximum Gasteiger partial charge on any atom is 0.321 e. The van der Waals surface area contributed by atoms with Gasteiger partial charge in [0.2, 0.25) is 5.91 Å². The van der Waals surface area contributed by atoms with Crippen LogP contribution in [0.25, 0.3) is 0 Å². The first kappa shape index (κ1) is 20.1. The van der Waals surface area contributed by atoms with E-state index in [-0.39, 0.29) is 11.9 Å². The first-order valence-corrected chi connectivity index (χ1v) is 9.49. The molecule has 0 aliphatic rings. The average molecular weight is 418 g/mol. The smallest absolute Gasteiger partial charge is 0.321 e. The fourth-order valence-corrected chi connectivity index (χ4v) is 2.97. The van der Waals surface area contributed by atoms with Crippen molar-refractivity contribution in [3.05, 3.63) is 70.2 Å². The van der Waals surface area contributed by atoms with E-state index in [0.29, 0.717) is 6.54 Å². The molecule has 0 heterocycles. The molecule has 3 N–H and O–H groups in total. The van der Waals surface area contributed by atoms with Crippen LogP contribution in [0.15, 0.2) is 59.1 Å². The highest BCUT2D eigenvalue weighted by molar-refractivity contribution is 9.10. The molecule has 3 amide bonds. The molecule has 0 bridgehead atoms. The molecule has 6 heteroatoms. The molecule has 0 aliphatic carbocycles. The van der Waals surface area contributed by atoms with E-state index in [1.54, 1.807) is 6.92 Å². The summed E-state index contributed by atoms with van der Waals surface area (Å²) in [6.45, 7) is 4.32. The Morgan fingerprint density at radius 1 is 0.962 bits per heavy atom. The third-order valence-corrected chi connectivity index (χ3v) is 4.55. The van der Waals surface area contributed by atoms with Gasteiger partial charge < -0.3 is 5.32 Å². The van der Waals surface area contributed by atoms with Gasteiger partial charge in [-0.15, -0.1) is 0 Å². The number of nitrogens with one attached hydrogen (secondary N) is 3. The molecule has 26 heavy (non-hydrogen) atoms. The molecule has 138 valence electrons. The Morgan fingerprint density at radius 3 is 2.19 bits per heavy atom. The van der Waals surface area contributed by atoms with Crippen molar-refractivity contribution in [2.24, 2.45) is 0 Å². The summed E-state index contributed by atoms with van der Waals surface area (Å²) in [5.41, 5.74) is 1.90. The van der Waals surface area contributed by atoms with Crippen LogP contribution in [0, 0.1) is 0 Å². The van der Waals surface area contributed by atoms with Crippen LogP contribution in [-0.4, -0.2) is 18.5 Å². The number of hydrogen-bond donors (Lipinski definition) is 3. The van der Waals surface area contributed by atoms with Gasteiger partial charge in [-0.3, -0.25) is 15.4 Å². The zero-order valence-corrected chi connectivity index (χ0v) is 16.5. The predicted molar refractivity (Wildman–Crippen MR) is 107 cm³/mol. The lowest BCUT2D eigenvalue weighted by atomic mass is 10.00. The predicted octanol–water partition coefficient (Wildman–Crippen LogP) is 4.08. The molecule has 0 spiro atoms. The van der Waals surface area contributed by atoms with Gasteiger partial charge in [0, 0.05) is 17.1 Å². The third kappa shape index (κ3) is 5.68. The Labute approximate surface area is 162 Å². The van der Waals surface area contributed by atoms with E-state index in [1.165, 1.54) is 0 Å². The van der Waals surface area contributed by atoms with Crippen molar-refractivity contribution in [3.8, 4) is 0 Å². The quantitative estimate of drug-likeness (QED) is 0.635. The van der Waals surface area contributed by atoms with Crippen molar-refractivity contribution < 1.29 is 9.59 Å². The van der Waals surface area contributed by atoms with Gasteiger partial charge in [-0.25, -0.2) is 4.79 Å². The first-order valence-electron chi connectivity index (χ1n) is 8.70. The SMILES string of the molecule is CCNC(=O)NC(=O)[C@H](N[C@H](CC)c1ccc(Br)cc1)c1ccccc1. The molecule has 2 atom stereocenters. The second-order valence-corrected chi connectivity index (χ2v) is 6.79. The fraction of sp³-hybridized carbons (Fsp3) is 0.300. The van der Waals surface area contributed by atoms with Crippen molar-refractivity contribution in [1.29, 1.82) is 0 Å². The van der Waals surface area contributed by atoms with E-state index in [9.17, 15) is 9.59 Å². The van der Waals surface area contributed by atoms with Gasteiger partial charge in [0.25, 0.3) is 0 Å². The number of urea groups is 1. The third-order valence-electron chi connectivity index (χ3n) is 4.02. The summed E-state index contributed by atoms with van der Waals surface area (Å²) >= 11 is 3.44. The number of benzene rings is 2. The number of hydrogen-bond acceptors (Lipinski definition) is 3. The van der Waals surface area contributed by atoms with Crippen LogP contribution < -0.4 is 16.0 Å². The summed E-state index contributed by atoms with van der Waals surface area (Å²) in [6.07, 6.45) is 0.805. The maximum absolute atomic E-state index is 12.7. The molecule has 2 rings (SSSR count). The zero-order chi connectivity index (χ0) is 18.9. The number of amides is 3. The van der Waals surface area contributed by atoms with Crippen molar-refractivity contribution >= 4 is 27.9 Å². The molecular weight excluding hydrogens is 394 g/mol. The normalized spacial score (nSPS) is 12.9. The second-order valence-electron chi connectivity index (χ2n) is 5.87. The van der Waals surface area contributed by atoms with E-state index in [2.05, 4.69) is 38.8 Å². The van der Waals surface area contributed by atoms with E-state index >= 15 is 0 Å². The van der Waals surface area contributed by atoms with Gasteiger partial charge in [-0.1, -0.05) is 65.3 Å². The fourth-order valence-electron chi connectivity index (χ4n) is 2.70. The van der Waals surface area contributed by atoms with Crippen LogP contribution >= 0.6 is 15.9 Å². The topological polar surface area (TPSA) is 70.2 Å². The molecule has 0 fully saturated rings. The molecule has 0 saturated carbocycles. The van der Waals surface area contributed by atoms with E-state index in [1.807, 2.05) is 54.6 Å². The lowest BCUT2D eigenvalue weighted by Crippen LogP contribution is -2.45. The number of carbonyl (C=O) groups is 2. The standard InChI is InChI=1S/C20H24BrN3O2/c1-3-17(14-10-12-16(21)13-11-14)23-18(15-8-6-5-7-9-15)19(25)24-20(26)22-4-2/h5-13,17-18,23H,3-4H2,1-2H3,(H2,22,24,25,26)/t17-,18-/m1/s1. The van der Waals surface area contributed by atoms with Crippen molar-refractivity contribution in [2.45, 2.75) is 32.4 Å². The minimum Gasteiger partial charge on any atom is -0.338 e. The van der Waals surface area contributed by atoms with Crippen molar-refractivity contribution in [2.75, 3.05) is 6.54 Å². The molecule has 0 aromatic heterocycles. The lowest BCUT2D eigenvalue weighted by Gasteiger charge is -2.25. The summed E-state index contributed by atoms with van der Waals surface area (Å²) in [5.74, 6) is -0.377. The van der Waals surface area contributed by atoms with Gasteiger partial charge in [0.1, 0.15) is 6.04 Å². The van der Waals surface area contributed by atoms with Gasteiger partial charge in [-0.05, 0) is 36.6 Å². The monoisotopic (exact) mass is 417 g/mol. The molecule has 0 radical (unpaired) electrons. The average Bonchev–Trinajstić information content (AvgIpc) is 2.64. The molecule has 5 nitrogen and oxygen atoms in total. The zero-order valence-electron chi connectivity index (χ0n) is 15.0. The van der Waals surface area contributed by atoms with Gasteiger partial charge in [-0.2, -0.15) is 0 Å². The van der Waals surface area contributed by atoms with Crippen molar-refractivity contribution in [1.82, 2.24) is 16.0 Å². The van der Waals surface area contributed by atoms with Crippen LogP contribution in [0.2, 0.25) is 0 Å². The number of imide groups is 1. The Morgan fingerprint density at radius 2 is 1.62 bits per heavy atom. The number of halogens is 1. The minimum atomic E-state index is -0.632. The Kier molecular flexibility index (Phi) is 7.81. The van der Waals surface area contributed by atoms with Crippen LogP contribution in [0.1, 0.15) is 43.5 Å². The van der Waals surface area contributed by atoms with Gasteiger partial charge in [0.15, 0.2) is 0 Å². The first-order chi connectivity index (χ1) is 12.5. The molecule has 2 aromatic carbocycles. The summed E-state index contributed by atoms with van der Waals surface area (Å²) in [6, 6.07) is 16.3. The Hall–Kier alpha value is -2.18. The van der Waals surface area contributed by atoms with Crippen LogP contribution in [0.5, 0.6) is 0 Å². The van der Waals surface area contributed by atoms with E-state index < -0.39 is 12.1 Å².